The van der Waals surface area contributed by atoms with E-state index < -0.39 is 78.9 Å². The van der Waals surface area contributed by atoms with Gasteiger partial charge in [0.1, 0.15) is 24.0 Å². The molecule has 0 spiro atoms. The predicted octanol–water partition coefficient (Wildman–Crippen LogP) is 3.82. The van der Waals surface area contributed by atoms with Crippen molar-refractivity contribution in [3.8, 4) is 0 Å². The van der Waals surface area contributed by atoms with E-state index in [4.69, 9.17) is 4.11 Å². The highest BCUT2D eigenvalue weighted by molar-refractivity contribution is 5.65. The molecule has 158 valence electrons. The van der Waals surface area contributed by atoms with Crippen LogP contribution in [-0.2, 0) is 0 Å². The molecule has 1 aliphatic carbocycles. The lowest BCUT2D eigenvalue weighted by molar-refractivity contribution is -0.139. The molecule has 1 aliphatic rings. The minimum Gasteiger partial charge on any atom is -0.386 e. The van der Waals surface area contributed by atoms with Crippen LogP contribution in [0.4, 0.5) is 42.6 Å². The zero-order valence-electron chi connectivity index (χ0n) is 17.5. The summed E-state index contributed by atoms with van der Waals surface area (Å²) in [6.07, 6.45) is -16.7. The van der Waals surface area contributed by atoms with E-state index >= 15 is 0 Å². The Balaban J connectivity index is 2.56. The molecule has 0 aliphatic heterocycles. The molecule has 0 bridgehead atoms. The van der Waals surface area contributed by atoms with Crippen LogP contribution in [0, 0.1) is 0 Å². The minimum absolute atomic E-state index is 0.480. The Labute approximate surface area is 159 Å². The lowest BCUT2D eigenvalue weighted by Crippen LogP contribution is -2.35. The van der Waals surface area contributed by atoms with E-state index in [-0.39, 0.29) is 0 Å². The molecule has 3 N–H and O–H groups in total. The van der Waals surface area contributed by atoms with Gasteiger partial charge in [0.2, 0.25) is 11.9 Å². The van der Waals surface area contributed by atoms with Crippen molar-refractivity contribution < 1.29 is 40.0 Å². The van der Waals surface area contributed by atoms with Crippen LogP contribution in [0.1, 0.15) is 43.0 Å². The number of nitrogens with zero attached hydrogens (tertiary/aromatic N) is 3. The molecule has 0 unspecified atom stereocenters. The van der Waals surface area contributed by atoms with E-state index in [1.165, 1.54) is 0 Å². The van der Waals surface area contributed by atoms with Crippen molar-refractivity contribution in [2.45, 2.75) is 63.6 Å². The Morgan fingerprint density at radius 2 is 1.50 bits per heavy atom. The number of aliphatic hydroxyl groups is 1. The second kappa shape index (κ2) is 8.05. The summed E-state index contributed by atoms with van der Waals surface area (Å²) in [4.78, 5) is 10.6. The van der Waals surface area contributed by atoms with E-state index in [1.807, 2.05) is 10.6 Å². The van der Waals surface area contributed by atoms with Gasteiger partial charge in [0.05, 0.1) is 1.37 Å². The van der Waals surface area contributed by atoms with Gasteiger partial charge in [-0.05, 0) is 33.1 Å². The number of nitrogens with one attached hydrogen (secondary N) is 2. The Kier molecular flexibility index (Phi) is 5.14. The smallest absolute Gasteiger partial charge is 0.386 e. The Morgan fingerprint density at radius 3 is 1.93 bits per heavy atom. The van der Waals surface area contributed by atoms with Gasteiger partial charge in [-0.25, -0.2) is 4.39 Å². The quantitative estimate of drug-likeness (QED) is 0.629. The maximum atomic E-state index is 14.7. The molecule has 1 aromatic heterocycles. The first-order valence-corrected chi connectivity index (χ1v) is 7.90. The number of rotatable bonds is 5. The van der Waals surface area contributed by atoms with Gasteiger partial charge in [0.25, 0.3) is 0 Å². The summed E-state index contributed by atoms with van der Waals surface area (Å²) in [7, 11) is 0. The summed E-state index contributed by atoms with van der Waals surface area (Å²) in [6, 6.07) is -4.47. The molecule has 3 atom stereocenters. The first-order chi connectivity index (χ1) is 13.9. The Morgan fingerprint density at radius 1 is 1.04 bits per heavy atom. The van der Waals surface area contributed by atoms with Crippen LogP contribution < -0.4 is 10.6 Å². The Bertz CT molecular complexity index is 820. The second-order valence-electron chi connectivity index (χ2n) is 5.94. The van der Waals surface area contributed by atoms with Gasteiger partial charge in [0, 0.05) is 8.31 Å². The molecule has 0 amide bonds. The third-order valence-corrected chi connectivity index (χ3v) is 3.72. The van der Waals surface area contributed by atoms with Gasteiger partial charge >= 0.3 is 12.4 Å². The van der Waals surface area contributed by atoms with Gasteiger partial charge < -0.3 is 15.7 Å². The molecular weight excluding hydrogens is 399 g/mol. The molecule has 1 aromatic rings. The van der Waals surface area contributed by atoms with Crippen molar-refractivity contribution in [3.05, 3.63) is 11.7 Å². The van der Waals surface area contributed by atoms with E-state index in [0.717, 1.165) is 0 Å². The number of anilines is 2. The molecule has 0 fully saturated rings. The summed E-state index contributed by atoms with van der Waals surface area (Å²) in [5.41, 5.74) is -0.638. The first-order valence-electron chi connectivity index (χ1n) is 9.40. The average Bonchev–Trinajstić information content (AvgIpc) is 2.58. The third kappa shape index (κ3) is 5.42. The van der Waals surface area contributed by atoms with Crippen LogP contribution in [0.3, 0.4) is 0 Å². The molecule has 28 heavy (non-hydrogen) atoms. The SMILES string of the molecule is [2H]C1([2H])CCC(c2nc(N[C@H](C)C(F)(F)F)nc(N[C@H](C)C(F)(F)F)n2)=C(F)[C@@]1([2H])O. The van der Waals surface area contributed by atoms with Crippen molar-refractivity contribution in [1.29, 1.82) is 0 Å². The largest absolute Gasteiger partial charge is 0.408 e. The lowest BCUT2D eigenvalue weighted by Gasteiger charge is -2.22. The molecule has 0 saturated carbocycles. The van der Waals surface area contributed by atoms with Gasteiger partial charge in [-0.1, -0.05) is 0 Å². The van der Waals surface area contributed by atoms with Gasteiger partial charge in [-0.3, -0.25) is 0 Å². The number of alkyl halides is 6. The number of halogens is 7. The number of aromatic nitrogens is 3. The third-order valence-electron chi connectivity index (χ3n) is 3.72. The molecular formula is C15H18F7N5O. The van der Waals surface area contributed by atoms with E-state index in [0.29, 0.717) is 13.8 Å². The monoisotopic (exact) mass is 420 g/mol. The van der Waals surface area contributed by atoms with Crippen LogP contribution in [0.2, 0.25) is 0 Å². The van der Waals surface area contributed by atoms with Crippen molar-refractivity contribution in [1.82, 2.24) is 15.0 Å². The van der Waals surface area contributed by atoms with Crippen LogP contribution in [0.15, 0.2) is 5.83 Å². The van der Waals surface area contributed by atoms with Crippen molar-refractivity contribution in [3.63, 3.8) is 0 Å². The number of allylic oxidation sites excluding steroid dienone is 1. The lowest BCUT2D eigenvalue weighted by atomic mass is 9.96. The molecule has 2 rings (SSSR count). The van der Waals surface area contributed by atoms with Gasteiger partial charge in [-0.2, -0.15) is 41.3 Å². The maximum Gasteiger partial charge on any atom is 0.408 e. The van der Waals surface area contributed by atoms with E-state index in [1.54, 1.807) is 0 Å². The highest BCUT2D eigenvalue weighted by Gasteiger charge is 2.38. The average molecular weight is 420 g/mol. The minimum atomic E-state index is -4.77. The predicted molar refractivity (Wildman–Crippen MR) is 86.0 cm³/mol. The summed E-state index contributed by atoms with van der Waals surface area (Å²) < 4.78 is 114. The number of hydrogen-bond donors (Lipinski definition) is 3. The summed E-state index contributed by atoms with van der Waals surface area (Å²) in [5.74, 6) is -4.13. The molecule has 6 nitrogen and oxygen atoms in total. The summed E-state index contributed by atoms with van der Waals surface area (Å²) in [6.45, 7) is 1.37. The van der Waals surface area contributed by atoms with Crippen LogP contribution in [-0.4, -0.2) is 50.6 Å². The van der Waals surface area contributed by atoms with Crippen LogP contribution in [0.25, 0.3) is 5.57 Å². The standard InChI is InChI=1S/C15H18F7N5O/c1-6(14(17,18)19)23-12-25-11(8-4-3-5-9(28)10(8)16)26-13(27-12)24-7(2)15(20,21)22/h6-7,9,28H,3-5H2,1-2H3,(H2,23,24,25,26,27)/t6-,7-,9+/m1/s1/i5D2,9D. The molecule has 0 radical (unpaired) electrons. The topological polar surface area (TPSA) is 83.0 Å². The normalized spacial score (nSPS) is 26.7. The zero-order valence-corrected chi connectivity index (χ0v) is 14.5. The second-order valence-corrected chi connectivity index (χ2v) is 5.94. The van der Waals surface area contributed by atoms with Gasteiger partial charge in [0.15, 0.2) is 5.82 Å². The molecule has 13 heteroatoms. The van der Waals surface area contributed by atoms with Crippen molar-refractivity contribution >= 4 is 17.5 Å². The zero-order chi connectivity index (χ0) is 24.0. The van der Waals surface area contributed by atoms with Crippen molar-refractivity contribution in [2.24, 2.45) is 0 Å². The van der Waals surface area contributed by atoms with E-state index in [2.05, 4.69) is 15.0 Å². The Hall–Kier alpha value is -2.18. The maximum absolute atomic E-state index is 14.7. The molecule has 0 aromatic carbocycles. The highest BCUT2D eigenvalue weighted by Crippen LogP contribution is 2.33. The fourth-order valence-corrected chi connectivity index (χ4v) is 2.04. The first kappa shape index (κ1) is 17.9. The van der Waals surface area contributed by atoms with Crippen LogP contribution >= 0.6 is 0 Å². The highest BCUT2D eigenvalue weighted by atomic mass is 19.4. The van der Waals surface area contributed by atoms with Crippen LogP contribution in [0.5, 0.6) is 0 Å². The fraction of sp³-hybridized carbons (Fsp3) is 0.667. The summed E-state index contributed by atoms with van der Waals surface area (Å²) >= 11 is 0. The van der Waals surface area contributed by atoms with Crippen molar-refractivity contribution in [2.75, 3.05) is 10.6 Å². The molecule has 0 saturated heterocycles. The molecule has 1 heterocycles. The number of hydrogen-bond acceptors (Lipinski definition) is 6. The summed E-state index contributed by atoms with van der Waals surface area (Å²) in [5, 5.41) is 13.6. The van der Waals surface area contributed by atoms with Gasteiger partial charge in [-0.15, -0.1) is 0 Å². The fourth-order valence-electron chi connectivity index (χ4n) is 2.04. The van der Waals surface area contributed by atoms with E-state index in [9.17, 15) is 35.8 Å².